The zero-order chi connectivity index (χ0) is 17.4. The number of carboxylic acid groups (broad SMARTS) is 2. The first kappa shape index (κ1) is 19.9. The number of carboxylic acids is 2. The predicted molar refractivity (Wildman–Crippen MR) is 87.7 cm³/mol. The van der Waals surface area contributed by atoms with Crippen LogP contribution in [0.4, 0.5) is 0 Å². The highest BCUT2D eigenvalue weighted by Crippen LogP contribution is 2.06. The molecule has 0 aromatic rings. The van der Waals surface area contributed by atoms with E-state index in [0.29, 0.717) is 39.3 Å². The van der Waals surface area contributed by atoms with Crippen LogP contribution in [0.1, 0.15) is 6.92 Å². The summed E-state index contributed by atoms with van der Waals surface area (Å²) in [5.74, 6) is -1.81. The van der Waals surface area contributed by atoms with E-state index in [1.165, 1.54) is 0 Å². The molecule has 1 rings (SSSR count). The molecule has 1 heterocycles. The van der Waals surface area contributed by atoms with Crippen LogP contribution < -0.4 is 0 Å². The van der Waals surface area contributed by atoms with E-state index in [4.69, 9.17) is 5.11 Å². The maximum atomic E-state index is 11.7. The van der Waals surface area contributed by atoms with Gasteiger partial charge < -0.3 is 10.2 Å². The number of carbonyl (C=O) groups excluding carboxylic acids is 1. The van der Waals surface area contributed by atoms with Crippen LogP contribution in [0.3, 0.4) is 0 Å². The lowest BCUT2D eigenvalue weighted by Crippen LogP contribution is -2.45. The molecule has 9 heteroatoms. The topological polar surface area (TPSA) is 101 Å². The molecule has 132 valence electrons. The first-order valence-corrected chi connectivity index (χ1v) is 8.76. The Labute approximate surface area is 140 Å². The van der Waals surface area contributed by atoms with E-state index in [0.717, 1.165) is 11.8 Å². The van der Waals surface area contributed by atoms with Crippen LogP contribution in [0.25, 0.3) is 0 Å². The van der Waals surface area contributed by atoms with Crippen molar-refractivity contribution >= 4 is 28.8 Å². The fourth-order valence-corrected chi connectivity index (χ4v) is 2.77. The maximum absolute atomic E-state index is 11.7. The summed E-state index contributed by atoms with van der Waals surface area (Å²) in [5, 5.41) is 18.2. The molecule has 8 nitrogen and oxygen atoms in total. The monoisotopic (exact) mass is 347 g/mol. The molecule has 1 saturated heterocycles. The molecule has 0 amide bonds. The summed E-state index contributed by atoms with van der Waals surface area (Å²) >= 11 is 1.16. The van der Waals surface area contributed by atoms with Crippen LogP contribution in [0.15, 0.2) is 0 Å². The first-order chi connectivity index (χ1) is 10.8. The van der Waals surface area contributed by atoms with Gasteiger partial charge in [-0.05, 0) is 13.2 Å². The van der Waals surface area contributed by atoms with E-state index in [9.17, 15) is 19.5 Å². The fourth-order valence-electron chi connectivity index (χ4n) is 2.46. The average molecular weight is 347 g/mol. The zero-order valence-electron chi connectivity index (χ0n) is 13.6. The molecule has 0 bridgehead atoms. The number of carbonyl (C=O) groups is 3. The Morgan fingerprint density at radius 1 is 0.957 bits per heavy atom. The van der Waals surface area contributed by atoms with Crippen LogP contribution in [0, 0.1) is 0 Å². The highest BCUT2D eigenvalue weighted by Gasteiger charge is 2.24. The second kappa shape index (κ2) is 9.86. The van der Waals surface area contributed by atoms with Crippen LogP contribution in [0.2, 0.25) is 0 Å². The van der Waals surface area contributed by atoms with Crippen LogP contribution >= 0.6 is 11.8 Å². The van der Waals surface area contributed by atoms with Crippen LogP contribution in [-0.4, -0.2) is 107 Å². The number of hydrogen-bond donors (Lipinski definition) is 2. The Morgan fingerprint density at radius 3 is 1.87 bits per heavy atom. The van der Waals surface area contributed by atoms with Crippen molar-refractivity contribution in [2.45, 2.75) is 13.0 Å². The van der Waals surface area contributed by atoms with E-state index in [-0.39, 0.29) is 18.2 Å². The van der Waals surface area contributed by atoms with Gasteiger partial charge in [0.15, 0.2) is 0 Å². The Balaban J connectivity index is 2.79. The molecular weight excluding hydrogens is 322 g/mol. The molecule has 1 atom stereocenters. The molecule has 0 aromatic carbocycles. The summed E-state index contributed by atoms with van der Waals surface area (Å²) in [5.41, 5.74) is 0. The molecule has 0 aromatic heterocycles. The maximum Gasteiger partial charge on any atom is 0.320 e. The quantitative estimate of drug-likeness (QED) is 0.649. The van der Waals surface area contributed by atoms with Crippen molar-refractivity contribution in [3.8, 4) is 0 Å². The minimum atomic E-state index is -0.908. The summed E-state index contributed by atoms with van der Waals surface area (Å²) in [6.07, 6.45) is 1.73. The Hall–Kier alpha value is -1.16. The minimum Gasteiger partial charge on any atom is -0.480 e. The summed E-state index contributed by atoms with van der Waals surface area (Å²) in [6.45, 7) is 5.08. The summed E-state index contributed by atoms with van der Waals surface area (Å²) in [6, 6.07) is -0.641. The molecule has 2 N–H and O–H groups in total. The van der Waals surface area contributed by atoms with Gasteiger partial charge in [0.2, 0.25) is 5.12 Å². The summed E-state index contributed by atoms with van der Waals surface area (Å²) in [4.78, 5) is 39.4. The molecule has 0 radical (unpaired) electrons. The predicted octanol–water partition coefficient (Wildman–Crippen LogP) is -0.647. The number of thioether (sulfide) groups is 1. The lowest BCUT2D eigenvalue weighted by molar-refractivity contribution is -0.143. The van der Waals surface area contributed by atoms with Crippen LogP contribution in [-0.2, 0) is 14.4 Å². The van der Waals surface area contributed by atoms with Crippen molar-refractivity contribution < 1.29 is 24.6 Å². The lowest BCUT2D eigenvalue weighted by Gasteiger charge is -2.28. The van der Waals surface area contributed by atoms with E-state index in [2.05, 4.69) is 0 Å². The minimum absolute atomic E-state index is 0.0480. The SMILES string of the molecule is CSC(=O)CN1CCN(CC(=O)O)CCN(C(C)C(=O)O)CC1. The zero-order valence-corrected chi connectivity index (χ0v) is 14.4. The van der Waals surface area contributed by atoms with Gasteiger partial charge in [-0.3, -0.25) is 29.1 Å². The third kappa shape index (κ3) is 7.30. The van der Waals surface area contributed by atoms with Gasteiger partial charge in [-0.15, -0.1) is 0 Å². The molecular formula is C14H25N3O5S. The number of nitrogens with zero attached hydrogens (tertiary/aromatic N) is 3. The first-order valence-electron chi connectivity index (χ1n) is 7.53. The molecule has 1 aliphatic heterocycles. The van der Waals surface area contributed by atoms with Gasteiger partial charge in [-0.2, -0.15) is 0 Å². The largest absolute Gasteiger partial charge is 0.480 e. The van der Waals surface area contributed by atoms with Gasteiger partial charge in [0.1, 0.15) is 6.04 Å². The Morgan fingerprint density at radius 2 is 1.43 bits per heavy atom. The van der Waals surface area contributed by atoms with Crippen molar-refractivity contribution in [2.24, 2.45) is 0 Å². The molecule has 23 heavy (non-hydrogen) atoms. The van der Waals surface area contributed by atoms with Crippen molar-refractivity contribution in [2.75, 3.05) is 58.6 Å². The molecule has 0 aliphatic carbocycles. The smallest absolute Gasteiger partial charge is 0.320 e. The van der Waals surface area contributed by atoms with Crippen LogP contribution in [0.5, 0.6) is 0 Å². The number of aliphatic carboxylic acids is 2. The standard InChI is InChI=1S/C14H25N3O5S/c1-11(14(21)22)17-7-5-15(9-12(18)19)3-4-16(6-8-17)10-13(20)23-2/h11H,3-10H2,1-2H3,(H,18,19)(H,21,22). The van der Waals surface area contributed by atoms with Gasteiger partial charge >= 0.3 is 11.9 Å². The molecule has 1 unspecified atom stereocenters. The summed E-state index contributed by atoms with van der Waals surface area (Å²) in [7, 11) is 0. The third-order valence-electron chi connectivity index (χ3n) is 3.98. The summed E-state index contributed by atoms with van der Waals surface area (Å²) < 4.78 is 0. The van der Waals surface area contributed by atoms with E-state index in [1.807, 2.05) is 9.80 Å². The molecule has 0 saturated carbocycles. The highest BCUT2D eigenvalue weighted by atomic mass is 32.2. The van der Waals surface area contributed by atoms with Crippen molar-refractivity contribution in [3.05, 3.63) is 0 Å². The Bertz CT molecular complexity index is 435. The van der Waals surface area contributed by atoms with Gasteiger partial charge in [-0.1, -0.05) is 11.8 Å². The normalized spacial score (nSPS) is 20.3. The van der Waals surface area contributed by atoms with Gasteiger partial charge in [0.05, 0.1) is 13.1 Å². The van der Waals surface area contributed by atoms with E-state index >= 15 is 0 Å². The molecule has 1 fully saturated rings. The number of hydrogen-bond acceptors (Lipinski definition) is 7. The molecule has 0 spiro atoms. The Kier molecular flexibility index (Phi) is 8.53. The van der Waals surface area contributed by atoms with E-state index < -0.39 is 18.0 Å². The second-order valence-electron chi connectivity index (χ2n) is 5.57. The number of rotatable bonds is 6. The van der Waals surface area contributed by atoms with Crippen molar-refractivity contribution in [3.63, 3.8) is 0 Å². The molecule has 1 aliphatic rings. The lowest BCUT2D eigenvalue weighted by atomic mass is 10.2. The fraction of sp³-hybridized carbons (Fsp3) is 0.786. The van der Waals surface area contributed by atoms with Gasteiger partial charge in [0.25, 0.3) is 0 Å². The van der Waals surface area contributed by atoms with Gasteiger partial charge in [0, 0.05) is 39.3 Å². The average Bonchev–Trinajstić information content (AvgIpc) is 2.58. The third-order valence-corrected chi connectivity index (χ3v) is 4.57. The highest BCUT2D eigenvalue weighted by molar-refractivity contribution is 8.13. The second-order valence-corrected chi connectivity index (χ2v) is 6.44. The van der Waals surface area contributed by atoms with Gasteiger partial charge in [-0.25, -0.2) is 0 Å². The van der Waals surface area contributed by atoms with Crippen molar-refractivity contribution in [1.82, 2.24) is 14.7 Å². The van der Waals surface area contributed by atoms with E-state index in [1.54, 1.807) is 18.1 Å². The van der Waals surface area contributed by atoms with Crippen molar-refractivity contribution in [1.29, 1.82) is 0 Å².